The molecule has 0 bridgehead atoms. The summed E-state index contributed by atoms with van der Waals surface area (Å²) in [5, 5.41) is 3.35. The summed E-state index contributed by atoms with van der Waals surface area (Å²) in [6.07, 6.45) is 4.07. The molecule has 1 aliphatic rings. The van der Waals surface area contributed by atoms with Gasteiger partial charge in [-0.25, -0.2) is 0 Å². The molecule has 0 aromatic carbocycles. The van der Waals surface area contributed by atoms with Gasteiger partial charge in [0.25, 0.3) is 0 Å². The first kappa shape index (κ1) is 9.01. The largest absolute Gasteiger partial charge is 0.316 e. The summed E-state index contributed by atoms with van der Waals surface area (Å²) in [6, 6.07) is 1.48. The van der Waals surface area contributed by atoms with Crippen LogP contribution in [0.2, 0.25) is 0 Å². The number of likely N-dealkylation sites (N-methyl/N-ethyl adjacent to an activating group) is 2. The molecule has 0 spiro atoms. The minimum Gasteiger partial charge on any atom is -0.316 e. The van der Waals surface area contributed by atoms with Crippen LogP contribution in [-0.4, -0.2) is 37.6 Å². The molecule has 0 radical (unpaired) electrons. The standard InChI is InChI=1S/C9H20N2/c1-8-5-4-6-9(10-2)7-11(8)3/h8-10H,4-7H2,1-3H3. The second-order valence-corrected chi connectivity index (χ2v) is 3.71. The van der Waals surface area contributed by atoms with E-state index >= 15 is 0 Å². The Morgan fingerprint density at radius 2 is 2.09 bits per heavy atom. The Labute approximate surface area is 70.0 Å². The molecular weight excluding hydrogens is 136 g/mol. The highest BCUT2D eigenvalue weighted by Crippen LogP contribution is 2.14. The third kappa shape index (κ3) is 2.46. The van der Waals surface area contributed by atoms with E-state index in [2.05, 4.69) is 31.2 Å². The minimum atomic E-state index is 0.713. The van der Waals surface area contributed by atoms with E-state index in [0.717, 1.165) is 6.04 Å². The van der Waals surface area contributed by atoms with Crippen LogP contribution < -0.4 is 5.32 Å². The molecular formula is C9H20N2. The zero-order valence-electron chi connectivity index (χ0n) is 7.93. The molecule has 1 aliphatic heterocycles. The second kappa shape index (κ2) is 4.07. The normalized spacial score (nSPS) is 35.2. The molecule has 2 heteroatoms. The van der Waals surface area contributed by atoms with Crippen molar-refractivity contribution in [1.82, 2.24) is 10.2 Å². The quantitative estimate of drug-likeness (QED) is 0.611. The first-order chi connectivity index (χ1) is 5.24. The number of rotatable bonds is 1. The Kier molecular flexibility index (Phi) is 3.34. The average Bonchev–Trinajstić information content (AvgIpc) is 2.15. The van der Waals surface area contributed by atoms with Gasteiger partial charge in [0, 0.05) is 18.6 Å². The van der Waals surface area contributed by atoms with Crippen LogP contribution in [0.5, 0.6) is 0 Å². The predicted molar refractivity (Wildman–Crippen MR) is 48.8 cm³/mol. The van der Waals surface area contributed by atoms with E-state index in [0.29, 0.717) is 6.04 Å². The molecule has 1 fully saturated rings. The fourth-order valence-electron chi connectivity index (χ4n) is 1.73. The molecule has 0 aliphatic carbocycles. The molecule has 1 N–H and O–H groups in total. The highest BCUT2D eigenvalue weighted by molar-refractivity contribution is 4.77. The van der Waals surface area contributed by atoms with Gasteiger partial charge in [-0.15, -0.1) is 0 Å². The Morgan fingerprint density at radius 3 is 2.73 bits per heavy atom. The molecule has 1 heterocycles. The Morgan fingerprint density at radius 1 is 1.36 bits per heavy atom. The molecule has 0 aromatic rings. The summed E-state index contributed by atoms with van der Waals surface area (Å²) in [4.78, 5) is 2.45. The fraction of sp³-hybridized carbons (Fsp3) is 1.00. The van der Waals surface area contributed by atoms with Crippen molar-refractivity contribution in [2.75, 3.05) is 20.6 Å². The fourth-order valence-corrected chi connectivity index (χ4v) is 1.73. The van der Waals surface area contributed by atoms with E-state index in [-0.39, 0.29) is 0 Å². The monoisotopic (exact) mass is 156 g/mol. The number of nitrogens with zero attached hydrogens (tertiary/aromatic N) is 1. The number of hydrogen-bond donors (Lipinski definition) is 1. The summed E-state index contributed by atoms with van der Waals surface area (Å²) in [5.41, 5.74) is 0. The van der Waals surface area contributed by atoms with Gasteiger partial charge in [-0.1, -0.05) is 6.42 Å². The maximum atomic E-state index is 3.35. The highest BCUT2D eigenvalue weighted by Gasteiger charge is 2.18. The maximum Gasteiger partial charge on any atom is 0.0192 e. The van der Waals surface area contributed by atoms with E-state index in [9.17, 15) is 0 Å². The van der Waals surface area contributed by atoms with Gasteiger partial charge in [-0.2, -0.15) is 0 Å². The van der Waals surface area contributed by atoms with Gasteiger partial charge in [-0.3, -0.25) is 0 Å². The SMILES string of the molecule is CNC1CCCC(C)N(C)C1. The lowest BCUT2D eigenvalue weighted by Crippen LogP contribution is -2.38. The van der Waals surface area contributed by atoms with Crippen LogP contribution in [0.25, 0.3) is 0 Å². The van der Waals surface area contributed by atoms with Crippen LogP contribution in [0.3, 0.4) is 0 Å². The molecule has 66 valence electrons. The van der Waals surface area contributed by atoms with Crippen molar-refractivity contribution in [2.45, 2.75) is 38.3 Å². The van der Waals surface area contributed by atoms with Crippen LogP contribution in [0.15, 0.2) is 0 Å². The summed E-state index contributed by atoms with van der Waals surface area (Å²) in [7, 11) is 4.29. The van der Waals surface area contributed by atoms with Crippen LogP contribution in [0.4, 0.5) is 0 Å². The van der Waals surface area contributed by atoms with Crippen molar-refractivity contribution in [3.63, 3.8) is 0 Å². The third-order valence-electron chi connectivity index (χ3n) is 2.84. The van der Waals surface area contributed by atoms with Crippen LogP contribution in [0, 0.1) is 0 Å². The van der Waals surface area contributed by atoms with Gasteiger partial charge in [0.1, 0.15) is 0 Å². The lowest BCUT2D eigenvalue weighted by Gasteiger charge is -2.24. The van der Waals surface area contributed by atoms with Crippen LogP contribution >= 0.6 is 0 Å². The van der Waals surface area contributed by atoms with Crippen molar-refractivity contribution in [3.8, 4) is 0 Å². The summed E-state index contributed by atoms with van der Waals surface area (Å²) < 4.78 is 0. The van der Waals surface area contributed by atoms with E-state index < -0.39 is 0 Å². The lowest BCUT2D eigenvalue weighted by molar-refractivity contribution is 0.247. The highest BCUT2D eigenvalue weighted by atomic mass is 15.1. The molecule has 0 aromatic heterocycles. The maximum absolute atomic E-state index is 3.35. The van der Waals surface area contributed by atoms with Gasteiger partial charge in [0.15, 0.2) is 0 Å². The number of nitrogens with one attached hydrogen (secondary N) is 1. The van der Waals surface area contributed by atoms with Crippen molar-refractivity contribution < 1.29 is 0 Å². The van der Waals surface area contributed by atoms with Gasteiger partial charge in [0.2, 0.25) is 0 Å². The van der Waals surface area contributed by atoms with Gasteiger partial charge >= 0.3 is 0 Å². The van der Waals surface area contributed by atoms with Crippen molar-refractivity contribution in [2.24, 2.45) is 0 Å². The Hall–Kier alpha value is -0.0800. The second-order valence-electron chi connectivity index (χ2n) is 3.71. The molecule has 2 unspecified atom stereocenters. The molecule has 1 rings (SSSR count). The van der Waals surface area contributed by atoms with Crippen LogP contribution in [-0.2, 0) is 0 Å². The van der Waals surface area contributed by atoms with E-state index in [1.54, 1.807) is 0 Å². The number of hydrogen-bond acceptors (Lipinski definition) is 2. The first-order valence-corrected chi connectivity index (χ1v) is 4.61. The van der Waals surface area contributed by atoms with E-state index in [1.807, 2.05) is 0 Å². The lowest BCUT2D eigenvalue weighted by atomic mass is 10.1. The molecule has 0 saturated carbocycles. The molecule has 1 saturated heterocycles. The summed E-state index contributed by atoms with van der Waals surface area (Å²) in [6.45, 7) is 3.52. The van der Waals surface area contributed by atoms with Gasteiger partial charge in [0.05, 0.1) is 0 Å². The van der Waals surface area contributed by atoms with Gasteiger partial charge < -0.3 is 10.2 Å². The minimum absolute atomic E-state index is 0.713. The molecule has 2 nitrogen and oxygen atoms in total. The van der Waals surface area contributed by atoms with Crippen molar-refractivity contribution in [3.05, 3.63) is 0 Å². The zero-order valence-corrected chi connectivity index (χ0v) is 7.93. The molecule has 2 atom stereocenters. The van der Waals surface area contributed by atoms with E-state index in [4.69, 9.17) is 0 Å². The number of likely N-dealkylation sites (tertiary alicyclic amines) is 1. The zero-order chi connectivity index (χ0) is 8.27. The van der Waals surface area contributed by atoms with Crippen molar-refractivity contribution in [1.29, 1.82) is 0 Å². The van der Waals surface area contributed by atoms with E-state index in [1.165, 1.54) is 25.8 Å². The van der Waals surface area contributed by atoms with Crippen LogP contribution in [0.1, 0.15) is 26.2 Å². The Balaban J connectivity index is 2.41. The average molecular weight is 156 g/mol. The smallest absolute Gasteiger partial charge is 0.0192 e. The molecule has 11 heavy (non-hydrogen) atoms. The van der Waals surface area contributed by atoms with Crippen molar-refractivity contribution >= 4 is 0 Å². The molecule has 0 amide bonds. The third-order valence-corrected chi connectivity index (χ3v) is 2.84. The van der Waals surface area contributed by atoms with Gasteiger partial charge in [-0.05, 0) is 33.9 Å². The predicted octanol–water partition coefficient (Wildman–Crippen LogP) is 1.08. The summed E-state index contributed by atoms with van der Waals surface area (Å²) >= 11 is 0. The Bertz CT molecular complexity index is 114. The summed E-state index contributed by atoms with van der Waals surface area (Å²) in [5.74, 6) is 0. The topological polar surface area (TPSA) is 15.3 Å². The first-order valence-electron chi connectivity index (χ1n) is 4.61.